The van der Waals surface area contributed by atoms with E-state index in [-0.39, 0.29) is 19.1 Å². The van der Waals surface area contributed by atoms with E-state index in [9.17, 15) is 19.4 Å². The summed E-state index contributed by atoms with van der Waals surface area (Å²) in [5.74, 6) is -0.182. The Morgan fingerprint density at radius 3 is 1.26 bits per heavy atom. The molecule has 61 heavy (non-hydrogen) atoms. The number of carbonyl (C=O) groups excluding carboxylic acids is 1. The van der Waals surface area contributed by atoms with E-state index in [0.717, 1.165) is 51.4 Å². The predicted molar refractivity (Wildman–Crippen MR) is 263 cm³/mol. The van der Waals surface area contributed by atoms with Crippen LogP contribution in [0.1, 0.15) is 251 Å². The van der Waals surface area contributed by atoms with Gasteiger partial charge in [0.15, 0.2) is 0 Å². The van der Waals surface area contributed by atoms with Crippen LogP contribution in [0.5, 0.6) is 0 Å². The molecule has 0 aliphatic carbocycles. The van der Waals surface area contributed by atoms with Crippen molar-refractivity contribution in [3.8, 4) is 0 Å². The quantitative estimate of drug-likeness (QED) is 0.0243. The molecule has 0 spiro atoms. The van der Waals surface area contributed by atoms with Crippen molar-refractivity contribution >= 4 is 13.7 Å². The maximum atomic E-state index is 12.9. The molecule has 362 valence electrons. The molecule has 0 saturated carbocycles. The number of hydrogen-bond acceptors (Lipinski definition) is 5. The highest BCUT2D eigenvalue weighted by atomic mass is 31.2. The van der Waals surface area contributed by atoms with Gasteiger partial charge in [0, 0.05) is 6.42 Å². The van der Waals surface area contributed by atoms with Crippen molar-refractivity contribution in [2.75, 3.05) is 40.9 Å². The molecule has 3 unspecified atom stereocenters. The standard InChI is InChI=1S/C52H103N2O6P/c1-6-8-10-12-14-16-18-20-22-24-26-27-28-29-31-33-35-37-39-41-43-45-51(55)50(49-60-61(57,58)59-48-47-54(3,4)5)53-52(56)46-44-42-40-38-36-34-32-30-25-23-21-19-17-15-13-11-9-7-2/h30,32,43,45,50-51,55H,6-29,31,33-42,44,46-49H2,1-5H3,(H-,53,56,57,58)/p+1/b32-30-,45-43+. The zero-order valence-electron chi connectivity index (χ0n) is 41.2. The number of aliphatic hydroxyl groups is 1. The summed E-state index contributed by atoms with van der Waals surface area (Å²) in [6.07, 6.45) is 54.0. The van der Waals surface area contributed by atoms with Gasteiger partial charge in [0.05, 0.1) is 39.9 Å². The number of rotatable bonds is 48. The summed E-state index contributed by atoms with van der Waals surface area (Å²) in [7, 11) is 1.57. The van der Waals surface area contributed by atoms with E-state index < -0.39 is 20.0 Å². The highest BCUT2D eigenvalue weighted by Crippen LogP contribution is 2.43. The molecule has 3 atom stereocenters. The third-order valence-electron chi connectivity index (χ3n) is 11.9. The first-order chi connectivity index (χ1) is 29.5. The number of quaternary nitrogens is 1. The summed E-state index contributed by atoms with van der Waals surface area (Å²) in [5.41, 5.74) is 0. The largest absolute Gasteiger partial charge is 0.472 e. The second-order valence-electron chi connectivity index (χ2n) is 19.3. The number of allylic oxidation sites excluding steroid dienone is 3. The third-order valence-corrected chi connectivity index (χ3v) is 12.9. The molecule has 0 aromatic heterocycles. The molecule has 0 aromatic carbocycles. The van der Waals surface area contributed by atoms with Crippen molar-refractivity contribution in [3.05, 3.63) is 24.3 Å². The van der Waals surface area contributed by atoms with Gasteiger partial charge >= 0.3 is 7.82 Å². The molecule has 0 bridgehead atoms. The fourth-order valence-electron chi connectivity index (χ4n) is 7.74. The predicted octanol–water partition coefficient (Wildman–Crippen LogP) is 15.3. The van der Waals surface area contributed by atoms with Gasteiger partial charge in [-0.15, -0.1) is 0 Å². The first-order valence-corrected chi connectivity index (χ1v) is 27.7. The number of nitrogens with one attached hydrogen (secondary N) is 1. The fraction of sp³-hybridized carbons (Fsp3) is 0.904. The highest BCUT2D eigenvalue weighted by molar-refractivity contribution is 7.47. The van der Waals surface area contributed by atoms with Crippen LogP contribution in [-0.2, 0) is 18.4 Å². The van der Waals surface area contributed by atoms with Crippen molar-refractivity contribution < 1.29 is 32.9 Å². The van der Waals surface area contributed by atoms with Gasteiger partial charge in [-0.1, -0.05) is 224 Å². The molecule has 0 heterocycles. The molecule has 8 nitrogen and oxygen atoms in total. The van der Waals surface area contributed by atoms with Crippen LogP contribution in [0, 0.1) is 0 Å². The Morgan fingerprint density at radius 1 is 0.541 bits per heavy atom. The van der Waals surface area contributed by atoms with Gasteiger partial charge in [-0.05, 0) is 44.9 Å². The van der Waals surface area contributed by atoms with E-state index in [4.69, 9.17) is 9.05 Å². The lowest BCUT2D eigenvalue weighted by atomic mass is 10.0. The van der Waals surface area contributed by atoms with Crippen LogP contribution in [0.2, 0.25) is 0 Å². The molecule has 0 aliphatic rings. The topological polar surface area (TPSA) is 105 Å². The van der Waals surface area contributed by atoms with Gasteiger partial charge in [0.1, 0.15) is 13.2 Å². The van der Waals surface area contributed by atoms with Crippen molar-refractivity contribution in [1.82, 2.24) is 5.32 Å². The molecule has 0 radical (unpaired) electrons. The molecular weight excluding hydrogens is 780 g/mol. The number of carbonyl (C=O) groups is 1. The first kappa shape index (κ1) is 60.0. The Bertz CT molecular complexity index is 1050. The van der Waals surface area contributed by atoms with Crippen molar-refractivity contribution in [1.29, 1.82) is 0 Å². The number of likely N-dealkylation sites (N-methyl/N-ethyl adjacent to an activating group) is 1. The van der Waals surface area contributed by atoms with E-state index in [0.29, 0.717) is 17.4 Å². The average molecular weight is 884 g/mol. The summed E-state index contributed by atoms with van der Waals surface area (Å²) in [4.78, 5) is 23.2. The van der Waals surface area contributed by atoms with E-state index in [1.165, 1.54) is 180 Å². The highest BCUT2D eigenvalue weighted by Gasteiger charge is 2.27. The molecule has 0 rings (SSSR count). The maximum absolute atomic E-state index is 12.9. The minimum Gasteiger partial charge on any atom is -0.387 e. The van der Waals surface area contributed by atoms with Crippen LogP contribution in [0.4, 0.5) is 0 Å². The molecular formula is C52H104N2O6P+. The Balaban J connectivity index is 4.30. The second kappa shape index (κ2) is 44.2. The number of amides is 1. The van der Waals surface area contributed by atoms with Crippen LogP contribution < -0.4 is 5.32 Å². The Labute approximate surface area is 379 Å². The number of phosphoric acid groups is 1. The SMILES string of the molecule is CCCCCCCCCCC/C=C\CCCCCCCC(=O)NC(COP(=O)(O)OCC[N+](C)(C)C)C(O)/C=C/CCCCCCCCCCCCCCCCCCCCC. The van der Waals surface area contributed by atoms with E-state index in [1.807, 2.05) is 27.2 Å². The summed E-state index contributed by atoms with van der Waals surface area (Å²) < 4.78 is 23.7. The van der Waals surface area contributed by atoms with Crippen LogP contribution in [0.3, 0.4) is 0 Å². The summed E-state index contributed by atoms with van der Waals surface area (Å²) >= 11 is 0. The molecule has 0 aromatic rings. The minimum atomic E-state index is -4.34. The normalized spacial score (nSPS) is 14.3. The number of nitrogens with zero attached hydrogens (tertiary/aromatic N) is 1. The summed E-state index contributed by atoms with van der Waals surface area (Å²) in [6.45, 7) is 4.84. The number of aliphatic hydroxyl groups excluding tert-OH is 1. The van der Waals surface area contributed by atoms with Gasteiger partial charge < -0.3 is 19.8 Å². The number of phosphoric ester groups is 1. The van der Waals surface area contributed by atoms with E-state index in [2.05, 4.69) is 31.3 Å². The van der Waals surface area contributed by atoms with Crippen molar-refractivity contribution in [2.45, 2.75) is 264 Å². The van der Waals surface area contributed by atoms with E-state index >= 15 is 0 Å². The molecule has 9 heteroatoms. The van der Waals surface area contributed by atoms with Gasteiger partial charge in [0.2, 0.25) is 5.91 Å². The van der Waals surface area contributed by atoms with Crippen LogP contribution in [0.25, 0.3) is 0 Å². The van der Waals surface area contributed by atoms with Gasteiger partial charge in [-0.2, -0.15) is 0 Å². The Hall–Kier alpha value is -1.02. The van der Waals surface area contributed by atoms with Crippen molar-refractivity contribution in [2.24, 2.45) is 0 Å². The van der Waals surface area contributed by atoms with Gasteiger partial charge in [0.25, 0.3) is 0 Å². The Morgan fingerprint density at radius 2 is 0.885 bits per heavy atom. The summed E-state index contributed by atoms with van der Waals surface area (Å²) in [5, 5.41) is 13.9. The van der Waals surface area contributed by atoms with Crippen LogP contribution in [-0.4, -0.2) is 73.4 Å². The molecule has 0 saturated heterocycles. The monoisotopic (exact) mass is 884 g/mol. The first-order valence-electron chi connectivity index (χ1n) is 26.2. The second-order valence-corrected chi connectivity index (χ2v) is 20.7. The fourth-order valence-corrected chi connectivity index (χ4v) is 8.48. The molecule has 0 aliphatic heterocycles. The zero-order valence-corrected chi connectivity index (χ0v) is 42.1. The van der Waals surface area contributed by atoms with Gasteiger partial charge in [-0.3, -0.25) is 13.8 Å². The number of unbranched alkanes of at least 4 members (excludes halogenated alkanes) is 33. The van der Waals surface area contributed by atoms with Crippen LogP contribution in [0.15, 0.2) is 24.3 Å². The van der Waals surface area contributed by atoms with Crippen LogP contribution >= 0.6 is 7.82 Å². The maximum Gasteiger partial charge on any atom is 0.472 e. The Kier molecular flexibility index (Phi) is 43.5. The smallest absolute Gasteiger partial charge is 0.387 e. The molecule has 0 fully saturated rings. The number of hydrogen-bond donors (Lipinski definition) is 3. The minimum absolute atomic E-state index is 0.0614. The lowest BCUT2D eigenvalue weighted by Gasteiger charge is -2.25. The van der Waals surface area contributed by atoms with E-state index in [1.54, 1.807) is 6.08 Å². The zero-order chi connectivity index (χ0) is 45.0. The van der Waals surface area contributed by atoms with Gasteiger partial charge in [-0.25, -0.2) is 4.57 Å². The lowest BCUT2D eigenvalue weighted by Crippen LogP contribution is -2.45. The molecule has 3 N–H and O–H groups in total. The molecule has 1 amide bonds. The summed E-state index contributed by atoms with van der Waals surface area (Å²) in [6, 6.07) is -0.848. The lowest BCUT2D eigenvalue weighted by molar-refractivity contribution is -0.870. The van der Waals surface area contributed by atoms with Crippen molar-refractivity contribution in [3.63, 3.8) is 0 Å². The third kappa shape index (κ3) is 46.8. The average Bonchev–Trinajstić information content (AvgIpc) is 3.21.